The Hall–Kier alpha value is -4.27. The molecule has 0 bridgehead atoms. The highest BCUT2D eigenvalue weighted by molar-refractivity contribution is 7.90. The molecule has 0 saturated heterocycles. The second kappa shape index (κ2) is 11.7. The van der Waals surface area contributed by atoms with Crippen molar-refractivity contribution in [2.24, 2.45) is 0 Å². The van der Waals surface area contributed by atoms with Crippen molar-refractivity contribution >= 4 is 27.9 Å². The molecule has 0 fully saturated rings. The Labute approximate surface area is 199 Å². The molecule has 0 saturated carbocycles. The van der Waals surface area contributed by atoms with Gasteiger partial charge in [-0.2, -0.15) is 0 Å². The summed E-state index contributed by atoms with van der Waals surface area (Å²) in [6.45, 7) is -0.316. The zero-order chi connectivity index (χ0) is 25.3. The Bertz CT molecular complexity index is 1230. The Kier molecular flexibility index (Phi) is 8.50. The number of sulfonamides is 1. The second-order valence-electron chi connectivity index (χ2n) is 7.26. The SMILES string of the molecule is O=C(CNC(=O)NS(=O)(=O)c1ccc(F)cc1)N[C@@H](Cc1cnc[nH]1)C(=O)NCCc1cnc[nH]1. The van der Waals surface area contributed by atoms with Crippen LogP contribution < -0.4 is 20.7 Å². The quantitative estimate of drug-likeness (QED) is 0.199. The smallest absolute Gasteiger partial charge is 0.329 e. The van der Waals surface area contributed by atoms with E-state index in [1.54, 1.807) is 10.9 Å². The Morgan fingerprint density at radius 1 is 0.971 bits per heavy atom. The standard InChI is InChI=1S/C20H23FN8O5S/c21-13-1-3-16(4-2-13)35(33,34)29-20(32)25-10-18(30)28-17(7-15-9-23-12-27-15)19(31)24-6-5-14-8-22-11-26-14/h1-4,8-9,11-12,17H,5-7,10H2,(H,22,26)(H,23,27)(H,24,31)(H,28,30)(H2,25,29,32)/t17-/m0/s1. The zero-order valence-corrected chi connectivity index (χ0v) is 19.1. The van der Waals surface area contributed by atoms with E-state index in [1.807, 2.05) is 0 Å². The fraction of sp³-hybridized carbons (Fsp3) is 0.250. The molecule has 3 rings (SSSR count). The number of carbonyl (C=O) groups excluding carboxylic acids is 3. The van der Waals surface area contributed by atoms with Gasteiger partial charge in [0.1, 0.15) is 11.9 Å². The van der Waals surface area contributed by atoms with Crippen molar-refractivity contribution in [2.75, 3.05) is 13.1 Å². The summed E-state index contributed by atoms with van der Waals surface area (Å²) in [4.78, 5) is 50.2. The van der Waals surface area contributed by atoms with Crippen LogP contribution in [-0.4, -0.2) is 65.3 Å². The van der Waals surface area contributed by atoms with E-state index >= 15 is 0 Å². The summed E-state index contributed by atoms with van der Waals surface area (Å²) in [6.07, 6.45) is 6.68. The summed E-state index contributed by atoms with van der Waals surface area (Å²) < 4.78 is 39.0. The number of rotatable bonds is 11. The molecule has 2 aromatic heterocycles. The minimum Gasteiger partial charge on any atom is -0.354 e. The van der Waals surface area contributed by atoms with E-state index in [2.05, 4.69) is 35.9 Å². The van der Waals surface area contributed by atoms with Crippen LogP contribution in [0.3, 0.4) is 0 Å². The van der Waals surface area contributed by atoms with Gasteiger partial charge in [0.2, 0.25) is 11.8 Å². The fourth-order valence-electron chi connectivity index (χ4n) is 2.93. The minimum absolute atomic E-state index is 0.104. The summed E-state index contributed by atoms with van der Waals surface area (Å²) in [5.41, 5.74) is 1.42. The van der Waals surface area contributed by atoms with Gasteiger partial charge < -0.3 is 25.9 Å². The van der Waals surface area contributed by atoms with E-state index < -0.39 is 46.3 Å². The van der Waals surface area contributed by atoms with Gasteiger partial charge >= 0.3 is 6.03 Å². The van der Waals surface area contributed by atoms with Crippen molar-refractivity contribution in [3.63, 3.8) is 0 Å². The van der Waals surface area contributed by atoms with Crippen molar-refractivity contribution in [1.82, 2.24) is 40.6 Å². The van der Waals surface area contributed by atoms with Gasteiger partial charge in [-0.1, -0.05) is 0 Å². The Morgan fingerprint density at radius 3 is 2.26 bits per heavy atom. The predicted octanol–water partition coefficient (Wildman–Crippen LogP) is -0.654. The lowest BCUT2D eigenvalue weighted by atomic mass is 10.1. The summed E-state index contributed by atoms with van der Waals surface area (Å²) in [7, 11) is -4.27. The predicted molar refractivity (Wildman–Crippen MR) is 120 cm³/mol. The summed E-state index contributed by atoms with van der Waals surface area (Å²) in [6, 6.07) is 1.68. The molecule has 0 unspecified atom stereocenters. The molecule has 186 valence electrons. The number of aromatic amines is 2. The van der Waals surface area contributed by atoms with Crippen LogP contribution in [0.15, 0.2) is 54.2 Å². The maximum atomic E-state index is 13.0. The van der Waals surface area contributed by atoms with Crippen LogP contribution in [-0.2, 0) is 32.5 Å². The molecular weight excluding hydrogens is 483 g/mol. The number of hydrogen-bond acceptors (Lipinski definition) is 7. The fourth-order valence-corrected chi connectivity index (χ4v) is 3.86. The minimum atomic E-state index is -4.27. The molecule has 1 atom stereocenters. The van der Waals surface area contributed by atoms with E-state index in [9.17, 15) is 27.2 Å². The average molecular weight is 507 g/mol. The van der Waals surface area contributed by atoms with Crippen LogP contribution >= 0.6 is 0 Å². The maximum absolute atomic E-state index is 13.0. The van der Waals surface area contributed by atoms with Crippen molar-refractivity contribution in [3.05, 3.63) is 66.5 Å². The van der Waals surface area contributed by atoms with Gasteiger partial charge in [0.05, 0.1) is 24.1 Å². The highest BCUT2D eigenvalue weighted by Gasteiger charge is 2.23. The topological polar surface area (TPSA) is 191 Å². The third-order valence-corrected chi connectivity index (χ3v) is 5.99. The lowest BCUT2D eigenvalue weighted by molar-refractivity contribution is -0.128. The number of urea groups is 1. The molecule has 0 aliphatic rings. The van der Waals surface area contributed by atoms with E-state index in [4.69, 9.17) is 0 Å². The number of aromatic nitrogens is 4. The first kappa shape index (κ1) is 25.4. The number of nitrogens with one attached hydrogen (secondary N) is 6. The number of hydrogen-bond donors (Lipinski definition) is 6. The van der Waals surface area contributed by atoms with Crippen LogP contribution in [0, 0.1) is 5.82 Å². The molecular formula is C20H23FN8O5S. The van der Waals surface area contributed by atoms with E-state index in [-0.39, 0.29) is 17.9 Å². The lowest BCUT2D eigenvalue weighted by Gasteiger charge is -2.18. The van der Waals surface area contributed by atoms with Crippen molar-refractivity contribution in [1.29, 1.82) is 0 Å². The number of carbonyl (C=O) groups is 3. The van der Waals surface area contributed by atoms with E-state index in [0.717, 1.165) is 30.0 Å². The van der Waals surface area contributed by atoms with E-state index in [0.29, 0.717) is 12.1 Å². The monoisotopic (exact) mass is 506 g/mol. The van der Waals surface area contributed by atoms with Crippen LogP contribution in [0.5, 0.6) is 0 Å². The largest absolute Gasteiger partial charge is 0.354 e. The van der Waals surface area contributed by atoms with Crippen LogP contribution in [0.25, 0.3) is 0 Å². The summed E-state index contributed by atoms with van der Waals surface area (Å²) in [5.74, 6) is -1.83. The molecule has 0 radical (unpaired) electrons. The van der Waals surface area contributed by atoms with Crippen molar-refractivity contribution in [2.45, 2.75) is 23.8 Å². The highest BCUT2D eigenvalue weighted by Crippen LogP contribution is 2.09. The second-order valence-corrected chi connectivity index (χ2v) is 8.94. The molecule has 1 aromatic carbocycles. The van der Waals surface area contributed by atoms with Crippen LogP contribution in [0.2, 0.25) is 0 Å². The molecule has 35 heavy (non-hydrogen) atoms. The molecule has 0 spiro atoms. The van der Waals surface area contributed by atoms with Gasteiger partial charge in [0, 0.05) is 43.2 Å². The van der Waals surface area contributed by atoms with Crippen LogP contribution in [0.4, 0.5) is 9.18 Å². The molecule has 0 aliphatic carbocycles. The number of amides is 4. The molecule has 13 nitrogen and oxygen atoms in total. The maximum Gasteiger partial charge on any atom is 0.329 e. The zero-order valence-electron chi connectivity index (χ0n) is 18.2. The number of H-pyrrole nitrogens is 2. The molecule has 4 amide bonds. The molecule has 0 aliphatic heterocycles. The van der Waals surface area contributed by atoms with Gasteiger partial charge in [-0.15, -0.1) is 0 Å². The molecule has 3 aromatic rings. The lowest BCUT2D eigenvalue weighted by Crippen LogP contribution is -2.51. The van der Waals surface area contributed by atoms with Gasteiger partial charge in [0.25, 0.3) is 10.0 Å². The van der Waals surface area contributed by atoms with E-state index in [1.165, 1.54) is 18.9 Å². The summed E-state index contributed by atoms with van der Waals surface area (Å²) >= 11 is 0. The van der Waals surface area contributed by atoms with Gasteiger partial charge in [-0.25, -0.2) is 32.3 Å². The molecule has 15 heteroatoms. The Balaban J connectivity index is 1.51. The number of imidazole rings is 2. The third kappa shape index (κ3) is 7.92. The highest BCUT2D eigenvalue weighted by atomic mass is 32.2. The molecule has 2 heterocycles. The normalized spacial score (nSPS) is 11.9. The first-order chi connectivity index (χ1) is 16.7. The first-order valence-corrected chi connectivity index (χ1v) is 11.8. The number of nitrogens with zero attached hydrogens (tertiary/aromatic N) is 2. The van der Waals surface area contributed by atoms with Crippen molar-refractivity contribution < 1.29 is 27.2 Å². The number of halogens is 1. The van der Waals surface area contributed by atoms with Gasteiger partial charge in [-0.05, 0) is 24.3 Å². The van der Waals surface area contributed by atoms with Gasteiger partial charge in [0.15, 0.2) is 0 Å². The average Bonchev–Trinajstić information content (AvgIpc) is 3.52. The summed E-state index contributed by atoms with van der Waals surface area (Å²) in [5, 5.41) is 7.32. The third-order valence-electron chi connectivity index (χ3n) is 4.64. The van der Waals surface area contributed by atoms with Gasteiger partial charge in [-0.3, -0.25) is 9.59 Å². The number of benzene rings is 1. The Morgan fingerprint density at radius 2 is 1.63 bits per heavy atom. The first-order valence-electron chi connectivity index (χ1n) is 10.3. The van der Waals surface area contributed by atoms with Crippen molar-refractivity contribution in [3.8, 4) is 0 Å². The van der Waals surface area contributed by atoms with Crippen LogP contribution in [0.1, 0.15) is 11.4 Å². The molecule has 6 N–H and O–H groups in total.